The summed E-state index contributed by atoms with van der Waals surface area (Å²) in [6, 6.07) is 5.20. The number of nitrogens with zero attached hydrogens (tertiary/aromatic N) is 1. The third-order valence-corrected chi connectivity index (χ3v) is 4.15. The van der Waals surface area contributed by atoms with Crippen LogP contribution in [0.25, 0.3) is 0 Å². The Morgan fingerprint density at radius 3 is 2.60 bits per heavy atom. The van der Waals surface area contributed by atoms with Gasteiger partial charge in [0.25, 0.3) is 0 Å². The Labute approximate surface area is 172 Å². The van der Waals surface area contributed by atoms with Crippen LogP contribution < -0.4 is 26.7 Å². The fourth-order valence-electron chi connectivity index (χ4n) is 2.76. The molecule has 1 fully saturated rings. The molecule has 0 unspecified atom stereocenters. The van der Waals surface area contributed by atoms with Gasteiger partial charge in [0.1, 0.15) is 6.04 Å². The van der Waals surface area contributed by atoms with Crippen molar-refractivity contribution >= 4 is 35.5 Å². The fourth-order valence-corrected chi connectivity index (χ4v) is 2.76. The van der Waals surface area contributed by atoms with Crippen LogP contribution in [-0.2, 0) is 19.2 Å². The fraction of sp³-hybridized carbons (Fsp3) is 0.389. The lowest BCUT2D eigenvalue weighted by molar-refractivity contribution is -0.142. The van der Waals surface area contributed by atoms with E-state index in [4.69, 9.17) is 15.9 Å². The summed E-state index contributed by atoms with van der Waals surface area (Å²) >= 11 is 0. The van der Waals surface area contributed by atoms with E-state index in [0.29, 0.717) is 24.2 Å². The Morgan fingerprint density at radius 1 is 1.27 bits per heavy atom. The summed E-state index contributed by atoms with van der Waals surface area (Å²) < 4.78 is 4.77. The topological polar surface area (TPSA) is 176 Å². The molecule has 0 bridgehead atoms. The molecule has 162 valence electrons. The minimum absolute atomic E-state index is 0.0483. The standard InChI is InChI=1S/C18H24N6O6/c1-2-29-14(25)7-9-21-18(28)22-13-8-10-24(16(13)26)12-5-3-11(4-6-12)15(19)23-30-17(20)27/h3-6,13H,2,7-10H2,1H3,(H2,19,23)(H2,20,27)(H2,21,22,28)/t13-/m0/s1. The van der Waals surface area contributed by atoms with Crippen molar-refractivity contribution in [3.8, 4) is 0 Å². The van der Waals surface area contributed by atoms with Gasteiger partial charge in [-0.15, -0.1) is 0 Å². The Kier molecular flexibility index (Phi) is 7.97. The summed E-state index contributed by atoms with van der Waals surface area (Å²) in [7, 11) is 0. The van der Waals surface area contributed by atoms with Gasteiger partial charge in [0.15, 0.2) is 5.84 Å². The molecule has 2 rings (SSSR count). The maximum absolute atomic E-state index is 12.6. The van der Waals surface area contributed by atoms with Gasteiger partial charge >= 0.3 is 18.1 Å². The zero-order valence-electron chi connectivity index (χ0n) is 16.4. The van der Waals surface area contributed by atoms with Gasteiger partial charge in [0.05, 0.1) is 13.0 Å². The Balaban J connectivity index is 1.84. The first-order valence-corrected chi connectivity index (χ1v) is 9.24. The van der Waals surface area contributed by atoms with Gasteiger partial charge in [0.2, 0.25) is 5.91 Å². The molecule has 1 atom stereocenters. The second kappa shape index (κ2) is 10.6. The SMILES string of the molecule is CCOC(=O)CCNC(=O)N[C@H]1CCN(c2ccc(C(=N)NOC(N)=O)cc2)C1=O. The number of esters is 1. The summed E-state index contributed by atoms with van der Waals surface area (Å²) in [4.78, 5) is 52.2. The van der Waals surface area contributed by atoms with Crippen molar-refractivity contribution in [1.82, 2.24) is 16.1 Å². The van der Waals surface area contributed by atoms with Crippen LogP contribution in [-0.4, -0.2) is 55.6 Å². The van der Waals surface area contributed by atoms with Crippen LogP contribution in [0.2, 0.25) is 0 Å². The number of anilines is 1. The number of nitrogens with two attached hydrogens (primary N) is 1. The number of ether oxygens (including phenoxy) is 1. The number of hydroxylamine groups is 1. The highest BCUT2D eigenvalue weighted by Gasteiger charge is 2.33. The van der Waals surface area contributed by atoms with E-state index >= 15 is 0 Å². The lowest BCUT2D eigenvalue weighted by atomic mass is 10.2. The van der Waals surface area contributed by atoms with E-state index in [0.717, 1.165) is 0 Å². The molecule has 12 heteroatoms. The number of rotatable bonds is 7. The van der Waals surface area contributed by atoms with E-state index in [1.54, 1.807) is 31.2 Å². The van der Waals surface area contributed by atoms with Crippen molar-refractivity contribution in [3.63, 3.8) is 0 Å². The van der Waals surface area contributed by atoms with Crippen molar-refractivity contribution in [2.75, 3.05) is 24.6 Å². The summed E-state index contributed by atoms with van der Waals surface area (Å²) in [6.07, 6.45) is -0.593. The molecule has 4 amide bonds. The molecule has 6 N–H and O–H groups in total. The van der Waals surface area contributed by atoms with E-state index in [9.17, 15) is 19.2 Å². The van der Waals surface area contributed by atoms with Crippen molar-refractivity contribution in [2.24, 2.45) is 5.73 Å². The number of primary amides is 1. The van der Waals surface area contributed by atoms with Crippen LogP contribution in [0.4, 0.5) is 15.3 Å². The van der Waals surface area contributed by atoms with Gasteiger partial charge in [-0.2, -0.15) is 5.48 Å². The molecule has 0 spiro atoms. The summed E-state index contributed by atoms with van der Waals surface area (Å²) in [6.45, 7) is 2.49. The van der Waals surface area contributed by atoms with Crippen LogP contribution >= 0.6 is 0 Å². The molecular formula is C18H24N6O6. The average Bonchev–Trinajstić information content (AvgIpc) is 3.06. The number of nitrogens with one attached hydrogen (secondary N) is 4. The molecule has 1 aliphatic heterocycles. The van der Waals surface area contributed by atoms with Crippen molar-refractivity contribution in [2.45, 2.75) is 25.8 Å². The molecule has 12 nitrogen and oxygen atoms in total. The largest absolute Gasteiger partial charge is 0.466 e. The van der Waals surface area contributed by atoms with Crippen LogP contribution in [0.3, 0.4) is 0 Å². The molecule has 0 radical (unpaired) electrons. The highest BCUT2D eigenvalue weighted by Crippen LogP contribution is 2.22. The molecule has 1 heterocycles. The maximum atomic E-state index is 12.6. The molecule has 30 heavy (non-hydrogen) atoms. The van der Waals surface area contributed by atoms with Gasteiger partial charge in [0, 0.05) is 24.3 Å². The number of amides is 4. The van der Waals surface area contributed by atoms with Gasteiger partial charge in [-0.05, 0) is 37.6 Å². The minimum atomic E-state index is -1.07. The Hall–Kier alpha value is -3.83. The van der Waals surface area contributed by atoms with E-state index < -0.39 is 24.1 Å². The first-order chi connectivity index (χ1) is 14.3. The van der Waals surface area contributed by atoms with E-state index in [-0.39, 0.29) is 31.3 Å². The number of hydrogen-bond donors (Lipinski definition) is 5. The summed E-state index contributed by atoms with van der Waals surface area (Å²) in [5, 5.41) is 12.9. The zero-order chi connectivity index (χ0) is 22.1. The third-order valence-electron chi connectivity index (χ3n) is 4.15. The summed E-state index contributed by atoms with van der Waals surface area (Å²) in [5.41, 5.74) is 7.94. The van der Waals surface area contributed by atoms with E-state index in [2.05, 4.69) is 21.0 Å². The van der Waals surface area contributed by atoms with Crippen LogP contribution in [0.5, 0.6) is 0 Å². The van der Waals surface area contributed by atoms with E-state index in [1.807, 2.05) is 0 Å². The zero-order valence-corrected chi connectivity index (χ0v) is 16.4. The molecule has 1 aromatic carbocycles. The second-order valence-electron chi connectivity index (χ2n) is 6.23. The van der Waals surface area contributed by atoms with Gasteiger partial charge in [-0.3, -0.25) is 15.0 Å². The predicted molar refractivity (Wildman–Crippen MR) is 106 cm³/mol. The van der Waals surface area contributed by atoms with Gasteiger partial charge < -0.3 is 30.8 Å². The smallest absolute Gasteiger partial charge is 0.428 e. The summed E-state index contributed by atoms with van der Waals surface area (Å²) in [5.74, 6) is -0.852. The van der Waals surface area contributed by atoms with Gasteiger partial charge in [-0.25, -0.2) is 9.59 Å². The number of urea groups is 1. The third kappa shape index (κ3) is 6.36. The Bertz CT molecular complexity index is 812. The number of carbonyl (C=O) groups excluding carboxylic acids is 4. The predicted octanol–water partition coefficient (Wildman–Crippen LogP) is -0.0304. The number of hydrogen-bond acceptors (Lipinski definition) is 7. The highest BCUT2D eigenvalue weighted by atomic mass is 16.7. The minimum Gasteiger partial charge on any atom is -0.466 e. The van der Waals surface area contributed by atoms with Gasteiger partial charge in [-0.1, -0.05) is 0 Å². The molecule has 0 aromatic heterocycles. The highest BCUT2D eigenvalue weighted by molar-refractivity contribution is 6.02. The molecular weight excluding hydrogens is 396 g/mol. The lowest BCUT2D eigenvalue weighted by Gasteiger charge is -2.18. The van der Waals surface area contributed by atoms with Crippen molar-refractivity contribution in [1.29, 1.82) is 5.41 Å². The first-order valence-electron chi connectivity index (χ1n) is 9.24. The Morgan fingerprint density at radius 2 is 1.97 bits per heavy atom. The van der Waals surface area contributed by atoms with Crippen LogP contribution in [0.15, 0.2) is 24.3 Å². The molecule has 1 saturated heterocycles. The monoisotopic (exact) mass is 420 g/mol. The van der Waals surface area contributed by atoms with Crippen LogP contribution in [0.1, 0.15) is 25.3 Å². The number of carbonyl (C=O) groups is 4. The first kappa shape index (κ1) is 22.5. The van der Waals surface area contributed by atoms with Crippen molar-refractivity contribution < 1.29 is 28.8 Å². The maximum Gasteiger partial charge on any atom is 0.428 e. The molecule has 0 aliphatic carbocycles. The average molecular weight is 420 g/mol. The quantitative estimate of drug-likeness (QED) is 0.178. The molecule has 1 aliphatic rings. The van der Waals surface area contributed by atoms with Crippen LogP contribution in [0, 0.1) is 5.41 Å². The normalized spacial score (nSPS) is 15.3. The second-order valence-corrected chi connectivity index (χ2v) is 6.23. The van der Waals surface area contributed by atoms with E-state index in [1.165, 1.54) is 4.90 Å². The lowest BCUT2D eigenvalue weighted by Crippen LogP contribution is -2.46. The number of amidine groups is 1. The van der Waals surface area contributed by atoms with Crippen molar-refractivity contribution in [3.05, 3.63) is 29.8 Å². The number of benzene rings is 1. The molecule has 1 aromatic rings. The molecule has 0 saturated carbocycles.